The molecule has 0 aromatic heterocycles. The fourth-order valence-electron chi connectivity index (χ4n) is 2.32. The Kier molecular flexibility index (Phi) is 11.9. The third-order valence-corrected chi connectivity index (χ3v) is 3.99. The normalized spacial score (nSPS) is 14.3. The predicted octanol–water partition coefficient (Wildman–Crippen LogP) is 3.22. The third kappa shape index (κ3) is 9.82. The van der Waals surface area contributed by atoms with Crippen LogP contribution < -0.4 is 5.32 Å². The lowest BCUT2D eigenvalue weighted by Crippen LogP contribution is -2.02. The Bertz CT molecular complexity index is 785. The van der Waals surface area contributed by atoms with Crippen LogP contribution >= 0.6 is 0 Å². The van der Waals surface area contributed by atoms with Gasteiger partial charge in [-0.25, -0.2) is 0 Å². The Morgan fingerprint density at radius 1 is 1.21 bits per heavy atom. The van der Waals surface area contributed by atoms with Crippen LogP contribution in [0.3, 0.4) is 0 Å². The summed E-state index contributed by atoms with van der Waals surface area (Å²) in [6, 6.07) is 13.5. The van der Waals surface area contributed by atoms with E-state index in [1.54, 1.807) is 12.3 Å². The van der Waals surface area contributed by atoms with E-state index in [1.807, 2.05) is 50.4 Å². The van der Waals surface area contributed by atoms with Crippen molar-refractivity contribution in [3.8, 4) is 28.7 Å². The van der Waals surface area contributed by atoms with Gasteiger partial charge in [0.05, 0.1) is 19.3 Å². The minimum Gasteiger partial charge on any atom is -0.508 e. The quantitative estimate of drug-likeness (QED) is 0.598. The van der Waals surface area contributed by atoms with Gasteiger partial charge in [0.15, 0.2) is 0 Å². The van der Waals surface area contributed by atoms with E-state index in [0.29, 0.717) is 18.8 Å². The first-order valence-corrected chi connectivity index (χ1v) is 9.55. The van der Waals surface area contributed by atoms with Crippen molar-refractivity contribution in [3.63, 3.8) is 0 Å². The van der Waals surface area contributed by atoms with Gasteiger partial charge in [0, 0.05) is 25.6 Å². The Labute approximate surface area is 173 Å². The van der Waals surface area contributed by atoms with Crippen LogP contribution in [-0.4, -0.2) is 48.3 Å². The summed E-state index contributed by atoms with van der Waals surface area (Å²) in [7, 11) is 1.81. The summed E-state index contributed by atoms with van der Waals surface area (Å²) in [4.78, 5) is 0. The number of rotatable bonds is 3. The van der Waals surface area contributed by atoms with Crippen molar-refractivity contribution in [2.24, 2.45) is 0 Å². The van der Waals surface area contributed by atoms with Gasteiger partial charge in [0.2, 0.25) is 0 Å². The highest BCUT2D eigenvalue weighted by molar-refractivity contribution is 5.66. The van der Waals surface area contributed by atoms with Crippen molar-refractivity contribution in [2.45, 2.75) is 25.9 Å². The second kappa shape index (κ2) is 14.3. The van der Waals surface area contributed by atoms with E-state index >= 15 is 0 Å². The summed E-state index contributed by atoms with van der Waals surface area (Å²) in [5.74, 6) is 6.20. The number of aromatic hydroxyl groups is 1. The minimum atomic E-state index is -0.176. The molecule has 0 aliphatic carbocycles. The predicted molar refractivity (Wildman–Crippen MR) is 118 cm³/mol. The first kappa shape index (κ1) is 24.3. The summed E-state index contributed by atoms with van der Waals surface area (Å²) >= 11 is 0. The van der Waals surface area contributed by atoms with Crippen LogP contribution in [0.1, 0.15) is 24.0 Å². The molecule has 1 aliphatic rings. The molecule has 1 aliphatic heterocycles. The number of phenols is 1. The molecule has 0 saturated carbocycles. The first-order valence-electron chi connectivity index (χ1n) is 9.55. The molecule has 5 heteroatoms. The van der Waals surface area contributed by atoms with Crippen LogP contribution in [-0.2, 0) is 4.74 Å². The van der Waals surface area contributed by atoms with E-state index < -0.39 is 0 Å². The van der Waals surface area contributed by atoms with Gasteiger partial charge in [-0.2, -0.15) is 0 Å². The zero-order chi connectivity index (χ0) is 21.5. The molecule has 0 amide bonds. The monoisotopic (exact) mass is 397 g/mol. The van der Waals surface area contributed by atoms with Gasteiger partial charge in [0.25, 0.3) is 0 Å². The first-order chi connectivity index (χ1) is 14.0. The summed E-state index contributed by atoms with van der Waals surface area (Å²) in [5, 5.41) is 29.5. The number of aliphatic hydroxyl groups excluding tert-OH is 2. The SMILES string of the molecule is C=CNC.Cc1cc(-c2ccc(C#CCCO)cc2)ccc1O.OC1CCOC1. The molecule has 1 heterocycles. The van der Waals surface area contributed by atoms with Crippen molar-refractivity contribution in [3.05, 3.63) is 66.4 Å². The molecule has 29 heavy (non-hydrogen) atoms. The van der Waals surface area contributed by atoms with Crippen LogP contribution in [0.5, 0.6) is 5.75 Å². The van der Waals surface area contributed by atoms with Crippen LogP contribution in [0.4, 0.5) is 0 Å². The van der Waals surface area contributed by atoms with Gasteiger partial charge in [-0.05, 0) is 60.5 Å². The van der Waals surface area contributed by atoms with Gasteiger partial charge < -0.3 is 25.4 Å². The summed E-state index contributed by atoms with van der Waals surface area (Å²) in [5.41, 5.74) is 3.97. The van der Waals surface area contributed by atoms with Crippen LogP contribution in [0.25, 0.3) is 11.1 Å². The van der Waals surface area contributed by atoms with Crippen LogP contribution in [0.2, 0.25) is 0 Å². The summed E-state index contributed by atoms with van der Waals surface area (Å²) < 4.78 is 4.81. The number of aliphatic hydroxyl groups is 2. The molecule has 2 aromatic carbocycles. The van der Waals surface area contributed by atoms with E-state index in [-0.39, 0.29) is 12.7 Å². The van der Waals surface area contributed by atoms with Gasteiger partial charge in [0.1, 0.15) is 5.75 Å². The zero-order valence-electron chi connectivity index (χ0n) is 17.2. The van der Waals surface area contributed by atoms with Crippen molar-refractivity contribution in [1.29, 1.82) is 0 Å². The Hall–Kier alpha value is -2.78. The molecular weight excluding hydrogens is 366 g/mol. The number of nitrogens with one attached hydrogen (secondary N) is 1. The molecule has 1 unspecified atom stereocenters. The number of ether oxygens (including phenoxy) is 1. The average molecular weight is 398 g/mol. The molecular formula is C24H31NO4. The fraction of sp³-hybridized carbons (Fsp3) is 0.333. The minimum absolute atomic E-state index is 0.0951. The van der Waals surface area contributed by atoms with E-state index in [1.165, 1.54) is 0 Å². The number of aryl methyl sites for hydroxylation is 1. The second-order valence-electron chi connectivity index (χ2n) is 6.36. The molecule has 0 spiro atoms. The van der Waals surface area contributed by atoms with Crippen molar-refractivity contribution in [2.75, 3.05) is 26.9 Å². The summed E-state index contributed by atoms with van der Waals surface area (Å²) in [6.07, 6.45) is 2.77. The maximum atomic E-state index is 9.52. The molecule has 1 atom stereocenters. The van der Waals surface area contributed by atoms with Crippen molar-refractivity contribution >= 4 is 0 Å². The lowest BCUT2D eigenvalue weighted by atomic mass is 10.0. The van der Waals surface area contributed by atoms with Gasteiger partial charge >= 0.3 is 0 Å². The smallest absolute Gasteiger partial charge is 0.118 e. The van der Waals surface area contributed by atoms with E-state index in [2.05, 4.69) is 23.7 Å². The topological polar surface area (TPSA) is 82.0 Å². The Morgan fingerprint density at radius 3 is 2.31 bits per heavy atom. The van der Waals surface area contributed by atoms with E-state index in [0.717, 1.165) is 35.3 Å². The molecule has 156 valence electrons. The molecule has 1 saturated heterocycles. The highest BCUT2D eigenvalue weighted by Crippen LogP contribution is 2.25. The number of hydrogen-bond donors (Lipinski definition) is 4. The van der Waals surface area contributed by atoms with Gasteiger partial charge in [-0.3, -0.25) is 0 Å². The lowest BCUT2D eigenvalue weighted by Gasteiger charge is -2.04. The standard InChI is InChI=1S/C17H16O2.C4H8O2.C3H7N/c1-13-12-16(9-10-17(13)19)15-7-5-14(6-8-15)4-2-3-11-18;5-4-1-2-6-3-4;1-3-4-2/h5-10,12,18-19H,3,11H2,1H3;4-5H,1-3H2;3-4H,1H2,2H3. The highest BCUT2D eigenvalue weighted by atomic mass is 16.5. The molecule has 2 aromatic rings. The second-order valence-corrected chi connectivity index (χ2v) is 6.36. The molecule has 0 radical (unpaired) electrons. The van der Waals surface area contributed by atoms with Gasteiger partial charge in [-0.1, -0.05) is 36.6 Å². The average Bonchev–Trinajstić information content (AvgIpc) is 3.22. The van der Waals surface area contributed by atoms with Crippen LogP contribution in [0, 0.1) is 18.8 Å². The summed E-state index contributed by atoms with van der Waals surface area (Å²) in [6.45, 7) is 6.62. The molecule has 5 nitrogen and oxygen atoms in total. The van der Waals surface area contributed by atoms with Gasteiger partial charge in [-0.15, -0.1) is 0 Å². The maximum Gasteiger partial charge on any atom is 0.118 e. The molecule has 0 bridgehead atoms. The zero-order valence-corrected chi connectivity index (χ0v) is 17.2. The lowest BCUT2D eigenvalue weighted by molar-refractivity contribution is 0.127. The van der Waals surface area contributed by atoms with Crippen molar-refractivity contribution in [1.82, 2.24) is 5.32 Å². The largest absolute Gasteiger partial charge is 0.508 e. The molecule has 1 fully saturated rings. The number of benzene rings is 2. The highest BCUT2D eigenvalue weighted by Gasteiger charge is 2.09. The molecule has 3 rings (SSSR count). The van der Waals surface area contributed by atoms with Crippen molar-refractivity contribution < 1.29 is 20.1 Å². The fourth-order valence-corrected chi connectivity index (χ4v) is 2.32. The number of phenolic OH excluding ortho intramolecular Hbond substituents is 1. The third-order valence-electron chi connectivity index (χ3n) is 3.99. The van der Waals surface area contributed by atoms with E-state index in [4.69, 9.17) is 14.9 Å². The molecule has 4 N–H and O–H groups in total. The van der Waals surface area contributed by atoms with E-state index in [9.17, 15) is 5.11 Å². The maximum absolute atomic E-state index is 9.52. The number of hydrogen-bond acceptors (Lipinski definition) is 5. The Balaban J connectivity index is 0.000000345. The Morgan fingerprint density at radius 2 is 1.86 bits per heavy atom. The van der Waals surface area contributed by atoms with Crippen LogP contribution in [0.15, 0.2) is 55.2 Å².